The van der Waals surface area contributed by atoms with Gasteiger partial charge in [0.1, 0.15) is 4.21 Å². The Hall–Kier alpha value is -0.410. The Morgan fingerprint density at radius 2 is 2.26 bits per heavy atom. The predicted octanol–water partition coefficient (Wildman–Crippen LogP) is 2.73. The van der Waals surface area contributed by atoms with Crippen molar-refractivity contribution in [3.8, 4) is 0 Å². The van der Waals surface area contributed by atoms with Crippen molar-refractivity contribution in [3.63, 3.8) is 0 Å². The molecule has 2 rings (SSSR count). The van der Waals surface area contributed by atoms with Crippen molar-refractivity contribution >= 4 is 48.9 Å². The quantitative estimate of drug-likeness (QED) is 0.779. The summed E-state index contributed by atoms with van der Waals surface area (Å²) in [7, 11) is -3.41. The van der Waals surface area contributed by atoms with Gasteiger partial charge in [-0.1, -0.05) is 11.6 Å². The van der Waals surface area contributed by atoms with E-state index in [1.807, 2.05) is 0 Å². The van der Waals surface area contributed by atoms with E-state index in [2.05, 4.69) is 25.8 Å². The summed E-state index contributed by atoms with van der Waals surface area (Å²) in [5.74, 6) is 0. The zero-order valence-corrected chi connectivity index (χ0v) is 13.7. The minimum Gasteiger partial charge on any atom is -0.271 e. The Morgan fingerprint density at radius 1 is 1.47 bits per heavy atom. The molecule has 0 saturated heterocycles. The maximum Gasteiger partial charge on any atom is 0.250 e. The van der Waals surface area contributed by atoms with E-state index in [0.717, 1.165) is 3.79 Å². The van der Waals surface area contributed by atoms with Crippen LogP contribution in [0.5, 0.6) is 0 Å². The summed E-state index contributed by atoms with van der Waals surface area (Å²) in [5, 5.41) is 4.59. The number of hydrogen-bond donors (Lipinski definition) is 1. The van der Waals surface area contributed by atoms with Gasteiger partial charge in [-0.15, -0.1) is 11.3 Å². The van der Waals surface area contributed by atoms with E-state index in [0.29, 0.717) is 28.7 Å². The highest BCUT2D eigenvalue weighted by Gasteiger charge is 2.15. The molecule has 0 unspecified atom stereocenters. The van der Waals surface area contributed by atoms with Gasteiger partial charge in [-0.05, 0) is 34.5 Å². The zero-order chi connectivity index (χ0) is 13.9. The topological polar surface area (TPSA) is 64.0 Å². The summed E-state index contributed by atoms with van der Waals surface area (Å²) in [5.41, 5.74) is 0. The summed E-state index contributed by atoms with van der Waals surface area (Å²) in [4.78, 5) is 0. The van der Waals surface area contributed by atoms with Crippen molar-refractivity contribution in [2.45, 2.75) is 17.2 Å². The molecule has 0 amide bonds. The average molecular weight is 385 g/mol. The molecular formula is C10H11BrClN3O2S2. The van der Waals surface area contributed by atoms with Gasteiger partial charge in [-0.25, -0.2) is 13.1 Å². The minimum absolute atomic E-state index is 0.307. The van der Waals surface area contributed by atoms with Gasteiger partial charge in [0.15, 0.2) is 0 Å². The molecule has 0 spiro atoms. The lowest BCUT2D eigenvalue weighted by Gasteiger charge is -2.04. The summed E-state index contributed by atoms with van der Waals surface area (Å²) in [6.45, 7) is 0.971. The Kier molecular flexibility index (Phi) is 5.02. The molecule has 0 saturated carbocycles. The number of nitrogens with one attached hydrogen (secondary N) is 1. The highest BCUT2D eigenvalue weighted by atomic mass is 79.9. The summed E-state index contributed by atoms with van der Waals surface area (Å²) in [6, 6.07) is 3.29. The normalized spacial score (nSPS) is 11.9. The van der Waals surface area contributed by atoms with E-state index in [-0.39, 0.29) is 0 Å². The van der Waals surface area contributed by atoms with Crippen molar-refractivity contribution in [1.82, 2.24) is 14.5 Å². The Labute approximate surface area is 128 Å². The molecule has 2 heterocycles. The summed E-state index contributed by atoms with van der Waals surface area (Å²) in [6.07, 6.45) is 3.89. The molecule has 2 aromatic rings. The van der Waals surface area contributed by atoms with Gasteiger partial charge >= 0.3 is 0 Å². The SMILES string of the molecule is O=S(=O)(NCCCn1cc(Cl)cn1)c1ccc(Br)s1. The number of nitrogens with zero attached hydrogens (tertiary/aromatic N) is 2. The molecule has 0 aliphatic heterocycles. The number of thiophene rings is 1. The van der Waals surface area contributed by atoms with Crippen molar-refractivity contribution in [2.75, 3.05) is 6.54 Å². The number of halogens is 2. The third-order valence-electron chi connectivity index (χ3n) is 2.27. The van der Waals surface area contributed by atoms with Crippen LogP contribution in [0.3, 0.4) is 0 Å². The Balaban J connectivity index is 1.82. The van der Waals surface area contributed by atoms with Crippen LogP contribution in [0, 0.1) is 0 Å². The number of sulfonamides is 1. The third-order valence-corrected chi connectivity index (χ3v) is 6.04. The fourth-order valence-electron chi connectivity index (χ4n) is 1.42. The second-order valence-corrected chi connectivity index (χ2v) is 8.62. The third kappa shape index (κ3) is 4.28. The summed E-state index contributed by atoms with van der Waals surface area (Å²) >= 11 is 10.2. The van der Waals surface area contributed by atoms with Crippen molar-refractivity contribution < 1.29 is 8.42 Å². The van der Waals surface area contributed by atoms with E-state index in [1.165, 1.54) is 11.3 Å². The maximum absolute atomic E-state index is 11.9. The Morgan fingerprint density at radius 3 is 2.84 bits per heavy atom. The van der Waals surface area contributed by atoms with Crippen molar-refractivity contribution in [3.05, 3.63) is 33.3 Å². The van der Waals surface area contributed by atoms with Gasteiger partial charge in [0.2, 0.25) is 10.0 Å². The molecule has 1 N–H and O–H groups in total. The largest absolute Gasteiger partial charge is 0.271 e. The van der Waals surface area contributed by atoms with Gasteiger partial charge in [-0.3, -0.25) is 4.68 Å². The van der Waals surface area contributed by atoms with Crippen molar-refractivity contribution in [1.29, 1.82) is 0 Å². The molecule has 0 atom stereocenters. The predicted molar refractivity (Wildman–Crippen MR) is 79.1 cm³/mol. The van der Waals surface area contributed by atoms with Gasteiger partial charge in [-0.2, -0.15) is 5.10 Å². The molecule has 5 nitrogen and oxygen atoms in total. The van der Waals surface area contributed by atoms with Crippen LogP contribution in [0.2, 0.25) is 5.02 Å². The monoisotopic (exact) mass is 383 g/mol. The molecule has 104 valence electrons. The fraction of sp³-hybridized carbons (Fsp3) is 0.300. The van der Waals surface area contributed by atoms with Crippen LogP contribution >= 0.6 is 38.9 Å². The Bertz CT molecular complexity index is 653. The van der Waals surface area contributed by atoms with Crippen molar-refractivity contribution in [2.24, 2.45) is 0 Å². The first-order chi connectivity index (χ1) is 8.97. The van der Waals surface area contributed by atoms with Crippen LogP contribution < -0.4 is 4.72 Å². The molecular weight excluding hydrogens is 374 g/mol. The van der Waals surface area contributed by atoms with Crippen LogP contribution in [-0.2, 0) is 16.6 Å². The first kappa shape index (κ1) is 15.0. The molecule has 2 aromatic heterocycles. The number of hydrogen-bond acceptors (Lipinski definition) is 4. The second kappa shape index (κ2) is 6.36. The average Bonchev–Trinajstić information content (AvgIpc) is 2.94. The standard InChI is InChI=1S/C10H11BrClN3O2S2/c11-9-2-3-10(18-9)19(16,17)14-4-1-5-15-7-8(12)6-13-15/h2-3,6-7,14H,1,4-5H2. The van der Waals surface area contributed by atoms with Crippen LogP contribution in [0.4, 0.5) is 0 Å². The molecule has 0 aliphatic carbocycles. The molecule has 0 fully saturated rings. The molecule has 0 aliphatic rings. The molecule has 19 heavy (non-hydrogen) atoms. The van der Waals surface area contributed by atoms with Gasteiger partial charge < -0.3 is 0 Å². The highest BCUT2D eigenvalue weighted by Crippen LogP contribution is 2.25. The zero-order valence-electron chi connectivity index (χ0n) is 9.71. The highest BCUT2D eigenvalue weighted by molar-refractivity contribution is 9.11. The summed E-state index contributed by atoms with van der Waals surface area (Å²) < 4.78 is 29.1. The van der Waals surface area contributed by atoms with Crippen LogP contribution in [0.1, 0.15) is 6.42 Å². The fourth-order valence-corrected chi connectivity index (χ4v) is 4.71. The number of rotatable bonds is 6. The van der Waals surface area contributed by atoms with Crippen LogP contribution in [0.15, 0.2) is 32.5 Å². The minimum atomic E-state index is -3.41. The van der Waals surface area contributed by atoms with Crippen LogP contribution in [0.25, 0.3) is 0 Å². The first-order valence-electron chi connectivity index (χ1n) is 5.40. The smallest absolute Gasteiger partial charge is 0.250 e. The molecule has 0 radical (unpaired) electrons. The van der Waals surface area contributed by atoms with Crippen LogP contribution in [-0.4, -0.2) is 24.7 Å². The van der Waals surface area contributed by atoms with Gasteiger partial charge in [0, 0.05) is 19.3 Å². The lowest BCUT2D eigenvalue weighted by molar-refractivity contribution is 0.554. The van der Waals surface area contributed by atoms with E-state index < -0.39 is 10.0 Å². The van der Waals surface area contributed by atoms with E-state index in [9.17, 15) is 8.42 Å². The molecule has 9 heteroatoms. The van der Waals surface area contributed by atoms with Gasteiger partial charge in [0.05, 0.1) is 15.0 Å². The lowest BCUT2D eigenvalue weighted by Crippen LogP contribution is -2.24. The lowest BCUT2D eigenvalue weighted by atomic mass is 10.4. The first-order valence-corrected chi connectivity index (χ1v) is 8.87. The van der Waals surface area contributed by atoms with Gasteiger partial charge in [0.25, 0.3) is 0 Å². The molecule has 0 aromatic carbocycles. The molecule has 0 bridgehead atoms. The second-order valence-electron chi connectivity index (χ2n) is 3.73. The van der Waals surface area contributed by atoms with E-state index in [4.69, 9.17) is 11.6 Å². The number of aryl methyl sites for hydroxylation is 1. The maximum atomic E-state index is 11.9. The number of aromatic nitrogens is 2. The van der Waals surface area contributed by atoms with E-state index >= 15 is 0 Å². The van der Waals surface area contributed by atoms with E-state index in [1.54, 1.807) is 29.2 Å².